The molecule has 0 amide bonds. The smallest absolute Gasteiger partial charge is 0.261 e. The molecule has 3 N–H and O–H groups in total. The van der Waals surface area contributed by atoms with Gasteiger partial charge in [0.05, 0.1) is 17.2 Å². The van der Waals surface area contributed by atoms with Gasteiger partial charge in [-0.05, 0) is 57.4 Å². The maximum absolute atomic E-state index is 12.5. The average Bonchev–Trinajstić information content (AvgIpc) is 2.67. The van der Waals surface area contributed by atoms with Gasteiger partial charge in [-0.1, -0.05) is 24.3 Å². The minimum atomic E-state index is -3.64. The van der Waals surface area contributed by atoms with E-state index in [9.17, 15) is 13.5 Å². The number of aliphatic hydroxyl groups is 1. The normalized spacial score (nSPS) is 18.1. The van der Waals surface area contributed by atoms with Crippen molar-refractivity contribution in [2.75, 3.05) is 11.3 Å². The number of hydrogen-bond donors (Lipinski definition) is 3. The van der Waals surface area contributed by atoms with Crippen molar-refractivity contribution in [1.29, 1.82) is 0 Å². The van der Waals surface area contributed by atoms with Crippen LogP contribution < -0.4 is 14.8 Å². The Labute approximate surface area is 167 Å². The van der Waals surface area contributed by atoms with Crippen LogP contribution in [0.4, 0.5) is 5.69 Å². The number of rotatable bonds is 7. The first kappa shape index (κ1) is 20.6. The summed E-state index contributed by atoms with van der Waals surface area (Å²) in [6.07, 6.45) is 1.66. The third-order valence-electron chi connectivity index (χ3n) is 4.92. The van der Waals surface area contributed by atoms with E-state index < -0.39 is 15.6 Å². The molecule has 1 heterocycles. The number of nitrogens with one attached hydrogen (secondary N) is 2. The van der Waals surface area contributed by atoms with Crippen LogP contribution in [-0.2, 0) is 16.4 Å². The summed E-state index contributed by atoms with van der Waals surface area (Å²) in [6.45, 7) is 5.95. The molecule has 3 rings (SSSR count). The highest BCUT2D eigenvalue weighted by atomic mass is 32.2. The summed E-state index contributed by atoms with van der Waals surface area (Å²) in [5, 5.41) is 12.9. The number of aliphatic hydroxyl groups excluding tert-OH is 1. The van der Waals surface area contributed by atoms with Gasteiger partial charge >= 0.3 is 0 Å². The van der Waals surface area contributed by atoms with Crippen LogP contribution in [0.15, 0.2) is 53.4 Å². The largest absolute Gasteiger partial charge is 0.488 e. The molecule has 0 saturated carbocycles. The van der Waals surface area contributed by atoms with E-state index in [0.717, 1.165) is 18.4 Å². The van der Waals surface area contributed by atoms with Crippen LogP contribution in [0.5, 0.6) is 5.75 Å². The molecule has 0 aliphatic carbocycles. The van der Waals surface area contributed by atoms with E-state index in [2.05, 4.69) is 10.0 Å². The zero-order chi connectivity index (χ0) is 20.4. The Morgan fingerprint density at radius 3 is 2.61 bits per heavy atom. The van der Waals surface area contributed by atoms with E-state index in [4.69, 9.17) is 4.74 Å². The first-order valence-corrected chi connectivity index (χ1v) is 10.9. The molecule has 152 valence electrons. The number of hydrogen-bond acceptors (Lipinski definition) is 5. The van der Waals surface area contributed by atoms with Crippen molar-refractivity contribution < 1.29 is 18.3 Å². The van der Waals surface area contributed by atoms with Crippen molar-refractivity contribution in [2.24, 2.45) is 0 Å². The van der Waals surface area contributed by atoms with Crippen LogP contribution in [0.2, 0.25) is 0 Å². The second-order valence-corrected chi connectivity index (χ2v) is 9.59. The van der Waals surface area contributed by atoms with Gasteiger partial charge in [-0.15, -0.1) is 0 Å². The third-order valence-corrected chi connectivity index (χ3v) is 6.32. The molecule has 0 fully saturated rings. The lowest BCUT2D eigenvalue weighted by atomic mass is 9.96. The summed E-state index contributed by atoms with van der Waals surface area (Å²) >= 11 is 0. The zero-order valence-electron chi connectivity index (χ0n) is 16.5. The Balaban J connectivity index is 1.75. The highest BCUT2D eigenvalue weighted by Gasteiger charge is 2.29. The maximum atomic E-state index is 12.5. The molecule has 6 nitrogen and oxygen atoms in total. The van der Waals surface area contributed by atoms with Crippen molar-refractivity contribution >= 4 is 15.7 Å². The van der Waals surface area contributed by atoms with Crippen LogP contribution in [0.3, 0.4) is 0 Å². The van der Waals surface area contributed by atoms with E-state index in [0.29, 0.717) is 11.4 Å². The van der Waals surface area contributed by atoms with E-state index in [1.165, 1.54) is 0 Å². The number of aryl methyl sites for hydroxylation is 1. The zero-order valence-corrected chi connectivity index (χ0v) is 17.3. The van der Waals surface area contributed by atoms with Crippen molar-refractivity contribution in [3.8, 4) is 5.75 Å². The van der Waals surface area contributed by atoms with Gasteiger partial charge in [0.2, 0.25) is 0 Å². The Bertz CT molecular complexity index is 913. The quantitative estimate of drug-likeness (QED) is 0.660. The predicted octanol–water partition coefficient (Wildman–Crippen LogP) is 2.93. The number of anilines is 1. The Hall–Kier alpha value is -2.09. The minimum absolute atomic E-state index is 0.0338. The molecule has 1 aliphatic heterocycles. The van der Waals surface area contributed by atoms with Crippen molar-refractivity contribution in [1.82, 2.24) is 5.32 Å². The molecule has 0 spiro atoms. The number of benzene rings is 2. The van der Waals surface area contributed by atoms with E-state index in [1.54, 1.807) is 42.5 Å². The van der Waals surface area contributed by atoms with Crippen LogP contribution in [0.1, 0.15) is 32.8 Å². The topological polar surface area (TPSA) is 87.7 Å². The van der Waals surface area contributed by atoms with E-state index >= 15 is 0 Å². The lowest BCUT2D eigenvalue weighted by Crippen LogP contribution is -2.53. The highest BCUT2D eigenvalue weighted by molar-refractivity contribution is 7.92. The van der Waals surface area contributed by atoms with Gasteiger partial charge in [-0.2, -0.15) is 0 Å². The fourth-order valence-corrected chi connectivity index (χ4v) is 4.45. The number of ether oxygens (including phenoxy) is 1. The Morgan fingerprint density at radius 1 is 1.21 bits per heavy atom. The molecule has 28 heavy (non-hydrogen) atoms. The summed E-state index contributed by atoms with van der Waals surface area (Å²) in [5.41, 5.74) is 1.14. The molecular weight excluding hydrogens is 376 g/mol. The van der Waals surface area contributed by atoms with Crippen molar-refractivity contribution in [3.05, 3.63) is 54.1 Å². The predicted molar refractivity (Wildman–Crippen MR) is 110 cm³/mol. The van der Waals surface area contributed by atoms with Crippen LogP contribution >= 0.6 is 0 Å². The molecule has 7 heteroatoms. The standard InChI is InChI=1S/C21H28N2O4S/c1-15(22-21(2,3)14-24)19-12-10-16-9-11-17(13-20(16)27-19)23-28(25,26)18-7-5-4-6-8-18/h4-9,11,13,15,19,22-24H,10,12,14H2,1-3H3. The summed E-state index contributed by atoms with van der Waals surface area (Å²) in [5.74, 6) is 0.694. The summed E-state index contributed by atoms with van der Waals surface area (Å²) < 4.78 is 33.9. The van der Waals surface area contributed by atoms with Crippen molar-refractivity contribution in [3.63, 3.8) is 0 Å². The number of sulfonamides is 1. The fourth-order valence-electron chi connectivity index (χ4n) is 3.37. The monoisotopic (exact) mass is 404 g/mol. The Kier molecular flexibility index (Phi) is 5.98. The second kappa shape index (κ2) is 8.11. The molecule has 1 aliphatic rings. The van der Waals surface area contributed by atoms with Gasteiger partial charge in [-0.25, -0.2) is 8.42 Å². The van der Waals surface area contributed by atoms with Gasteiger partial charge in [0.25, 0.3) is 10.0 Å². The lowest BCUT2D eigenvalue weighted by molar-refractivity contribution is 0.101. The SMILES string of the molecule is CC(NC(C)(C)CO)C1CCc2ccc(NS(=O)(=O)c3ccccc3)cc2O1. The lowest BCUT2D eigenvalue weighted by Gasteiger charge is -2.35. The summed E-state index contributed by atoms with van der Waals surface area (Å²) in [6, 6.07) is 13.7. The molecule has 0 bridgehead atoms. The first-order valence-electron chi connectivity index (χ1n) is 9.46. The molecule has 2 aromatic rings. The molecule has 0 radical (unpaired) electrons. The minimum Gasteiger partial charge on any atom is -0.488 e. The van der Waals surface area contributed by atoms with Gasteiger partial charge in [0.1, 0.15) is 11.9 Å². The van der Waals surface area contributed by atoms with Crippen LogP contribution in [0, 0.1) is 0 Å². The van der Waals surface area contributed by atoms with Crippen molar-refractivity contribution in [2.45, 2.75) is 56.2 Å². The van der Waals surface area contributed by atoms with Gasteiger partial charge < -0.3 is 15.2 Å². The second-order valence-electron chi connectivity index (χ2n) is 7.91. The third kappa shape index (κ3) is 4.84. The van der Waals surface area contributed by atoms with Crippen LogP contribution in [-0.4, -0.2) is 37.8 Å². The van der Waals surface area contributed by atoms with Gasteiger partial charge in [-0.3, -0.25) is 4.72 Å². The maximum Gasteiger partial charge on any atom is 0.261 e. The molecule has 0 aromatic heterocycles. The molecule has 2 aromatic carbocycles. The molecular formula is C21H28N2O4S. The summed E-state index contributed by atoms with van der Waals surface area (Å²) in [4.78, 5) is 0.218. The van der Waals surface area contributed by atoms with E-state index in [1.807, 2.05) is 26.8 Å². The molecule has 2 atom stereocenters. The first-order chi connectivity index (χ1) is 13.2. The molecule has 2 unspecified atom stereocenters. The van der Waals surface area contributed by atoms with Crippen LogP contribution in [0.25, 0.3) is 0 Å². The Morgan fingerprint density at radius 2 is 1.93 bits per heavy atom. The van der Waals surface area contributed by atoms with Gasteiger partial charge in [0.15, 0.2) is 0 Å². The average molecular weight is 405 g/mol. The highest BCUT2D eigenvalue weighted by Crippen LogP contribution is 2.32. The molecule has 0 saturated heterocycles. The van der Waals surface area contributed by atoms with E-state index in [-0.39, 0.29) is 23.6 Å². The number of fused-ring (bicyclic) bond motifs is 1. The fraction of sp³-hybridized carbons (Fsp3) is 0.429. The summed E-state index contributed by atoms with van der Waals surface area (Å²) in [7, 11) is -3.64. The van der Waals surface area contributed by atoms with Gasteiger partial charge in [0, 0.05) is 17.6 Å².